The number of aromatic nitrogens is 2. The maximum absolute atomic E-state index is 13.4. The van der Waals surface area contributed by atoms with Crippen LogP contribution in [0.4, 0.5) is 17.6 Å². The number of alkyl halides is 3. The molecule has 0 saturated heterocycles. The molecular weight excluding hydrogens is 456 g/mol. The summed E-state index contributed by atoms with van der Waals surface area (Å²) in [6.07, 6.45) is -1.57. The largest absolute Gasteiger partial charge is 0.484 e. The summed E-state index contributed by atoms with van der Waals surface area (Å²) in [5.41, 5.74) is -1.88. The Bertz CT molecular complexity index is 1040. The Balaban J connectivity index is 1.27. The average molecular weight is 473 g/mol. The molecule has 1 aromatic heterocycles. The number of nitrogens with one attached hydrogen (secondary N) is 2. The van der Waals surface area contributed by atoms with Crippen LogP contribution in [-0.2, 0) is 11.0 Å². The monoisotopic (exact) mass is 472 g/mol. The molecule has 12 heteroatoms. The predicted octanol–water partition coefficient (Wildman–Crippen LogP) is 3.13. The van der Waals surface area contributed by atoms with Crippen LogP contribution in [-0.4, -0.2) is 40.0 Å². The summed E-state index contributed by atoms with van der Waals surface area (Å²) in [4.78, 5) is 31.4. The van der Waals surface area contributed by atoms with Crippen LogP contribution in [0.25, 0.3) is 0 Å². The Morgan fingerprint density at radius 2 is 1.94 bits per heavy atom. The van der Waals surface area contributed by atoms with Crippen molar-refractivity contribution in [3.63, 3.8) is 0 Å². The maximum atomic E-state index is 13.4. The van der Waals surface area contributed by atoms with Crippen LogP contribution in [0.15, 0.2) is 30.6 Å². The third-order valence-corrected chi connectivity index (χ3v) is 5.95. The van der Waals surface area contributed by atoms with Gasteiger partial charge in [0.1, 0.15) is 17.3 Å². The number of halogens is 5. The van der Waals surface area contributed by atoms with E-state index in [0.717, 1.165) is 12.3 Å². The second-order valence-electron chi connectivity index (χ2n) is 7.93. The van der Waals surface area contributed by atoms with E-state index in [4.69, 9.17) is 16.3 Å². The molecule has 1 aromatic carbocycles. The predicted molar refractivity (Wildman–Crippen MR) is 103 cm³/mol. The van der Waals surface area contributed by atoms with Gasteiger partial charge in [0.2, 0.25) is 0 Å². The summed E-state index contributed by atoms with van der Waals surface area (Å²) in [5, 5.41) is 5.60. The number of carbonyl (C=O) groups excluding carboxylic acids is 2. The molecule has 2 N–H and O–H groups in total. The lowest BCUT2D eigenvalue weighted by molar-refractivity contribution is -0.141. The summed E-state index contributed by atoms with van der Waals surface area (Å²) >= 11 is 5.60. The van der Waals surface area contributed by atoms with Gasteiger partial charge in [0.15, 0.2) is 12.3 Å². The number of benzene rings is 1. The van der Waals surface area contributed by atoms with Crippen LogP contribution < -0.4 is 15.4 Å². The molecule has 1 heterocycles. The Morgan fingerprint density at radius 3 is 2.56 bits per heavy atom. The van der Waals surface area contributed by atoms with Gasteiger partial charge in [-0.1, -0.05) is 11.6 Å². The first-order valence-corrected chi connectivity index (χ1v) is 10.0. The molecule has 0 radical (unpaired) electrons. The molecule has 2 aromatic rings. The maximum Gasteiger partial charge on any atom is 0.434 e. The van der Waals surface area contributed by atoms with Gasteiger partial charge in [-0.25, -0.2) is 14.4 Å². The van der Waals surface area contributed by atoms with Crippen LogP contribution >= 0.6 is 11.6 Å². The molecular formula is C20H17ClF4N4O3. The molecule has 2 amide bonds. The average Bonchev–Trinajstić information content (AvgIpc) is 3.21. The Labute approximate surface area is 184 Å². The van der Waals surface area contributed by atoms with Crippen molar-refractivity contribution in [1.29, 1.82) is 0 Å². The zero-order chi connectivity index (χ0) is 23.1. The molecule has 1 unspecified atom stereocenters. The topological polar surface area (TPSA) is 93.2 Å². The molecule has 0 spiro atoms. The van der Waals surface area contributed by atoms with Gasteiger partial charge in [0.25, 0.3) is 11.8 Å². The fourth-order valence-corrected chi connectivity index (χ4v) is 4.30. The molecule has 2 bridgehead atoms. The molecule has 5 rings (SSSR count). The van der Waals surface area contributed by atoms with Crippen molar-refractivity contribution >= 4 is 23.4 Å². The van der Waals surface area contributed by atoms with Gasteiger partial charge in [-0.15, -0.1) is 0 Å². The molecule has 3 aliphatic rings. The second kappa shape index (κ2) is 8.19. The highest BCUT2D eigenvalue weighted by Crippen LogP contribution is 2.52. The van der Waals surface area contributed by atoms with E-state index >= 15 is 0 Å². The van der Waals surface area contributed by atoms with Crippen molar-refractivity contribution in [1.82, 2.24) is 20.6 Å². The molecule has 7 nitrogen and oxygen atoms in total. The fourth-order valence-electron chi connectivity index (χ4n) is 4.19. The lowest BCUT2D eigenvalue weighted by atomic mass is 9.76. The normalized spacial score (nSPS) is 23.9. The van der Waals surface area contributed by atoms with E-state index in [1.807, 2.05) is 0 Å². The third kappa shape index (κ3) is 4.62. The zero-order valence-electron chi connectivity index (χ0n) is 16.4. The number of hydrogen-bond acceptors (Lipinski definition) is 5. The van der Waals surface area contributed by atoms with Crippen LogP contribution in [0.2, 0.25) is 5.02 Å². The molecule has 32 heavy (non-hydrogen) atoms. The molecule has 3 aliphatic carbocycles. The van der Waals surface area contributed by atoms with Crippen molar-refractivity contribution < 1.29 is 31.9 Å². The Morgan fingerprint density at radius 1 is 1.19 bits per heavy atom. The third-order valence-electron chi connectivity index (χ3n) is 5.64. The SMILES string of the molecule is O=C(COc1ccc(Cl)c(F)c1)NC12CC(C1)C(NC(=O)c1cnc(C(F)(F)F)cn1)C2. The van der Waals surface area contributed by atoms with Gasteiger partial charge in [-0.3, -0.25) is 9.59 Å². The Kier molecular flexibility index (Phi) is 5.70. The molecule has 170 valence electrons. The van der Waals surface area contributed by atoms with E-state index in [1.54, 1.807) is 0 Å². The summed E-state index contributed by atoms with van der Waals surface area (Å²) < 4.78 is 56.4. The van der Waals surface area contributed by atoms with E-state index in [9.17, 15) is 27.2 Å². The highest BCUT2D eigenvalue weighted by Gasteiger charge is 2.57. The smallest absolute Gasteiger partial charge is 0.434 e. The van der Waals surface area contributed by atoms with E-state index in [2.05, 4.69) is 20.6 Å². The van der Waals surface area contributed by atoms with Crippen molar-refractivity contribution in [3.05, 3.63) is 52.8 Å². The first-order chi connectivity index (χ1) is 15.0. The molecule has 3 saturated carbocycles. The standard InChI is InChI=1S/C20H17ClF4N4O3/c21-12-2-1-11(3-13(12)22)32-9-17(30)29-19-4-10(5-19)14(6-19)28-18(31)15-7-27-16(8-26-15)20(23,24)25/h1-3,7-8,10,14H,4-6,9H2,(H,28,31)(H,29,30). The van der Waals surface area contributed by atoms with E-state index in [0.29, 0.717) is 25.5 Å². The van der Waals surface area contributed by atoms with Gasteiger partial charge in [0.05, 0.1) is 17.4 Å². The van der Waals surface area contributed by atoms with Gasteiger partial charge < -0.3 is 15.4 Å². The van der Waals surface area contributed by atoms with Gasteiger partial charge >= 0.3 is 6.18 Å². The Hall–Kier alpha value is -2.95. The highest BCUT2D eigenvalue weighted by molar-refractivity contribution is 6.30. The van der Waals surface area contributed by atoms with E-state index in [1.165, 1.54) is 12.1 Å². The van der Waals surface area contributed by atoms with Crippen LogP contribution in [0.5, 0.6) is 5.75 Å². The van der Waals surface area contributed by atoms with E-state index in [-0.39, 0.29) is 40.9 Å². The summed E-state index contributed by atoms with van der Waals surface area (Å²) in [7, 11) is 0. The first kappa shape index (κ1) is 22.3. The number of fused-ring (bicyclic) bond motifs is 1. The number of hydrogen-bond donors (Lipinski definition) is 2. The molecule has 1 atom stereocenters. The van der Waals surface area contributed by atoms with Gasteiger partial charge in [-0.2, -0.15) is 13.2 Å². The van der Waals surface area contributed by atoms with Gasteiger partial charge in [-0.05, 0) is 37.3 Å². The number of amides is 2. The summed E-state index contributed by atoms with van der Waals surface area (Å²) in [5.74, 6) is -1.37. The molecule has 0 aliphatic heterocycles. The minimum atomic E-state index is -4.63. The summed E-state index contributed by atoms with van der Waals surface area (Å²) in [6.45, 7) is -0.314. The van der Waals surface area contributed by atoms with Crippen LogP contribution in [0.1, 0.15) is 35.4 Å². The highest BCUT2D eigenvalue weighted by atomic mass is 35.5. The molecule has 3 fully saturated rings. The quantitative estimate of drug-likeness (QED) is 0.630. The number of carbonyl (C=O) groups is 2. The lowest BCUT2D eigenvalue weighted by Gasteiger charge is -2.39. The summed E-state index contributed by atoms with van der Waals surface area (Å²) in [6, 6.07) is 3.60. The number of nitrogens with zero attached hydrogens (tertiary/aromatic N) is 2. The number of rotatable bonds is 6. The second-order valence-corrected chi connectivity index (χ2v) is 8.34. The van der Waals surface area contributed by atoms with Crippen molar-refractivity contribution in [2.24, 2.45) is 5.92 Å². The van der Waals surface area contributed by atoms with Crippen molar-refractivity contribution in [2.75, 3.05) is 6.61 Å². The van der Waals surface area contributed by atoms with Crippen LogP contribution in [0.3, 0.4) is 0 Å². The van der Waals surface area contributed by atoms with Crippen molar-refractivity contribution in [3.8, 4) is 5.75 Å². The lowest BCUT2D eigenvalue weighted by Crippen LogP contribution is -2.53. The van der Waals surface area contributed by atoms with E-state index < -0.39 is 29.1 Å². The van der Waals surface area contributed by atoms with Crippen LogP contribution in [0, 0.1) is 11.7 Å². The number of ether oxygens (including phenoxy) is 1. The minimum absolute atomic E-state index is 0.0532. The first-order valence-electron chi connectivity index (χ1n) is 9.64. The fraction of sp³-hybridized carbons (Fsp3) is 0.400. The minimum Gasteiger partial charge on any atom is -0.484 e. The van der Waals surface area contributed by atoms with Crippen molar-refractivity contribution in [2.45, 2.75) is 37.0 Å². The zero-order valence-corrected chi connectivity index (χ0v) is 17.1. The van der Waals surface area contributed by atoms with Gasteiger partial charge in [0, 0.05) is 17.6 Å².